The molecule has 5 rings (SSSR count). The van der Waals surface area contributed by atoms with Crippen molar-refractivity contribution in [1.29, 1.82) is 0 Å². The molecule has 3 heterocycles. The third-order valence-electron chi connectivity index (χ3n) is 6.12. The first-order chi connectivity index (χ1) is 17.3. The van der Waals surface area contributed by atoms with E-state index in [1.165, 1.54) is 23.8 Å². The van der Waals surface area contributed by atoms with Crippen LogP contribution in [0.25, 0.3) is 6.08 Å². The average molecular weight is 517 g/mol. The van der Waals surface area contributed by atoms with E-state index in [0.717, 1.165) is 11.3 Å². The van der Waals surface area contributed by atoms with E-state index in [2.05, 4.69) is 4.74 Å². The molecule has 0 aliphatic carbocycles. The molecule has 0 amide bonds. The van der Waals surface area contributed by atoms with Crippen LogP contribution in [0.5, 0.6) is 17.2 Å². The standard InChI is InChI=1S/C25H22F2N2O6S/c1-4-33-22(31)19-20-14-7-5-6-8-15(14)35-25(19,2)28-24-29(20)21(30)18(36-24)12-13-9-10-16(34-23(26)27)17(11-13)32-3/h5-12,19-20,23H,4H2,1-3H3/b18-12-. The van der Waals surface area contributed by atoms with Crippen LogP contribution in [-0.4, -0.2) is 36.6 Å². The number of thiazole rings is 1. The van der Waals surface area contributed by atoms with E-state index < -0.39 is 30.3 Å². The molecule has 2 aromatic carbocycles. The van der Waals surface area contributed by atoms with Gasteiger partial charge in [0, 0.05) is 5.56 Å². The molecule has 0 fully saturated rings. The number of ether oxygens (including phenoxy) is 4. The van der Waals surface area contributed by atoms with Crippen molar-refractivity contribution in [2.24, 2.45) is 10.9 Å². The molecule has 36 heavy (non-hydrogen) atoms. The Kier molecular flexibility index (Phi) is 6.03. The van der Waals surface area contributed by atoms with Gasteiger partial charge in [0.05, 0.1) is 24.3 Å². The number of esters is 1. The summed E-state index contributed by atoms with van der Waals surface area (Å²) in [4.78, 5) is 31.8. The number of methoxy groups -OCH3 is 1. The molecule has 1 aromatic heterocycles. The highest BCUT2D eigenvalue weighted by molar-refractivity contribution is 7.07. The predicted octanol–water partition coefficient (Wildman–Crippen LogP) is 2.86. The Morgan fingerprint density at radius 2 is 2.06 bits per heavy atom. The van der Waals surface area contributed by atoms with E-state index in [9.17, 15) is 18.4 Å². The summed E-state index contributed by atoms with van der Waals surface area (Å²) >= 11 is 1.15. The van der Waals surface area contributed by atoms with Crippen molar-refractivity contribution in [3.05, 3.63) is 73.3 Å². The Labute approximate surface area is 208 Å². The fourth-order valence-electron chi connectivity index (χ4n) is 4.66. The number of carbonyl (C=O) groups is 1. The minimum absolute atomic E-state index is 0.100. The lowest BCUT2D eigenvalue weighted by atomic mass is 9.81. The Balaban J connectivity index is 1.68. The molecular weight excluding hydrogens is 494 g/mol. The molecule has 188 valence electrons. The van der Waals surface area contributed by atoms with Gasteiger partial charge < -0.3 is 18.9 Å². The van der Waals surface area contributed by atoms with Gasteiger partial charge in [0.1, 0.15) is 11.7 Å². The van der Waals surface area contributed by atoms with Gasteiger partial charge in [-0.3, -0.25) is 14.2 Å². The molecule has 2 aliphatic rings. The maximum Gasteiger partial charge on any atom is 0.387 e. The van der Waals surface area contributed by atoms with Crippen LogP contribution in [0.2, 0.25) is 0 Å². The molecule has 3 atom stereocenters. The third kappa shape index (κ3) is 3.93. The SMILES string of the molecule is CCOC(=O)C1C2c3ccccc3OC1(C)N=c1s/c(=C\c3ccc(OC(F)F)c(OC)c3)c(=O)n12. The Morgan fingerprint density at radius 1 is 1.28 bits per heavy atom. The zero-order valence-corrected chi connectivity index (χ0v) is 20.4. The number of alkyl halides is 2. The number of hydrogen-bond donors (Lipinski definition) is 0. The molecular formula is C25H22F2N2O6S. The largest absolute Gasteiger partial charge is 0.493 e. The third-order valence-corrected chi connectivity index (χ3v) is 7.10. The smallest absolute Gasteiger partial charge is 0.387 e. The van der Waals surface area contributed by atoms with Crippen LogP contribution in [0.4, 0.5) is 8.78 Å². The normalized spacial score (nSPS) is 22.2. The molecule has 3 unspecified atom stereocenters. The van der Waals surface area contributed by atoms with E-state index >= 15 is 0 Å². The lowest BCUT2D eigenvalue weighted by molar-refractivity contribution is -0.160. The first kappa shape index (κ1) is 24.0. The fourth-order valence-corrected chi connectivity index (χ4v) is 5.75. The van der Waals surface area contributed by atoms with Crippen LogP contribution in [-0.2, 0) is 9.53 Å². The van der Waals surface area contributed by atoms with Gasteiger partial charge in [0.15, 0.2) is 16.3 Å². The first-order valence-electron chi connectivity index (χ1n) is 11.2. The van der Waals surface area contributed by atoms with E-state index in [1.807, 2.05) is 18.2 Å². The number of aromatic nitrogens is 1. The highest BCUT2D eigenvalue weighted by Crippen LogP contribution is 2.47. The first-order valence-corrected chi connectivity index (χ1v) is 12.0. The summed E-state index contributed by atoms with van der Waals surface area (Å²) in [7, 11) is 1.34. The van der Waals surface area contributed by atoms with E-state index in [0.29, 0.717) is 26.2 Å². The van der Waals surface area contributed by atoms with Gasteiger partial charge in [-0.25, -0.2) is 4.99 Å². The second-order valence-corrected chi connectivity index (χ2v) is 9.35. The van der Waals surface area contributed by atoms with Crippen LogP contribution in [0, 0.1) is 5.92 Å². The van der Waals surface area contributed by atoms with Crippen molar-refractivity contribution in [3.63, 3.8) is 0 Å². The second kappa shape index (κ2) is 9.05. The molecule has 8 nitrogen and oxygen atoms in total. The van der Waals surface area contributed by atoms with E-state index in [-0.39, 0.29) is 23.7 Å². The van der Waals surface area contributed by atoms with Gasteiger partial charge >= 0.3 is 12.6 Å². The van der Waals surface area contributed by atoms with Crippen LogP contribution >= 0.6 is 11.3 Å². The molecule has 0 saturated carbocycles. The number of carbonyl (C=O) groups excluding carboxylic acids is 1. The number of nitrogens with zero attached hydrogens (tertiary/aromatic N) is 2. The van der Waals surface area contributed by atoms with Gasteiger partial charge in [-0.1, -0.05) is 35.6 Å². The molecule has 11 heteroatoms. The molecule has 0 N–H and O–H groups in total. The van der Waals surface area contributed by atoms with Crippen LogP contribution < -0.4 is 29.1 Å². The quantitative estimate of drug-likeness (QED) is 0.469. The number of benzene rings is 2. The zero-order chi connectivity index (χ0) is 25.6. The van der Waals surface area contributed by atoms with Gasteiger partial charge in [-0.2, -0.15) is 8.78 Å². The van der Waals surface area contributed by atoms with Crippen molar-refractivity contribution in [2.75, 3.05) is 13.7 Å². The van der Waals surface area contributed by atoms with E-state index in [4.69, 9.17) is 19.2 Å². The number of para-hydroxylation sites is 1. The molecule has 3 aromatic rings. The number of fused-ring (bicyclic) bond motifs is 6. The lowest BCUT2D eigenvalue weighted by Gasteiger charge is -2.44. The van der Waals surface area contributed by atoms with Crippen molar-refractivity contribution < 1.29 is 32.5 Å². The van der Waals surface area contributed by atoms with Crippen LogP contribution in [0.3, 0.4) is 0 Å². The summed E-state index contributed by atoms with van der Waals surface area (Å²) in [6.07, 6.45) is 1.61. The zero-order valence-electron chi connectivity index (χ0n) is 19.6. The molecule has 2 aliphatic heterocycles. The monoisotopic (exact) mass is 516 g/mol. The molecule has 0 spiro atoms. The van der Waals surface area contributed by atoms with E-state index in [1.54, 1.807) is 32.1 Å². The van der Waals surface area contributed by atoms with Crippen molar-refractivity contribution in [1.82, 2.24) is 4.57 Å². The minimum Gasteiger partial charge on any atom is -0.493 e. The maximum atomic E-state index is 13.7. The van der Waals surface area contributed by atoms with Crippen LogP contribution in [0.15, 0.2) is 52.3 Å². The topological polar surface area (TPSA) is 88.4 Å². The van der Waals surface area contributed by atoms with Gasteiger partial charge in [0.2, 0.25) is 5.72 Å². The molecule has 0 radical (unpaired) electrons. The van der Waals surface area contributed by atoms with Crippen molar-refractivity contribution in [3.8, 4) is 17.2 Å². The summed E-state index contributed by atoms with van der Waals surface area (Å²) in [5.74, 6) is -0.844. The fraction of sp³-hybridized carbons (Fsp3) is 0.320. The van der Waals surface area contributed by atoms with Gasteiger partial charge in [-0.15, -0.1) is 0 Å². The number of halogens is 2. The number of rotatable bonds is 6. The van der Waals surface area contributed by atoms with Gasteiger partial charge in [0.25, 0.3) is 5.56 Å². The summed E-state index contributed by atoms with van der Waals surface area (Å²) in [6.45, 7) is 0.604. The summed E-state index contributed by atoms with van der Waals surface area (Å²) < 4.78 is 48.3. The lowest BCUT2D eigenvalue weighted by Crippen LogP contribution is -2.58. The Morgan fingerprint density at radius 3 is 2.78 bits per heavy atom. The summed E-state index contributed by atoms with van der Waals surface area (Å²) in [5, 5.41) is 0. The average Bonchev–Trinajstić information content (AvgIpc) is 3.12. The highest BCUT2D eigenvalue weighted by Gasteiger charge is 2.55. The highest BCUT2D eigenvalue weighted by atomic mass is 32.1. The Hall–Kier alpha value is -3.73. The maximum absolute atomic E-state index is 13.7. The van der Waals surface area contributed by atoms with Crippen LogP contribution in [0.1, 0.15) is 31.0 Å². The van der Waals surface area contributed by atoms with Crippen molar-refractivity contribution >= 4 is 23.4 Å². The molecule has 0 saturated heterocycles. The Bertz CT molecular complexity index is 1520. The minimum atomic E-state index is -3.00. The van der Waals surface area contributed by atoms with Crippen molar-refractivity contribution in [2.45, 2.75) is 32.2 Å². The summed E-state index contributed by atoms with van der Waals surface area (Å²) in [6, 6.07) is 10.9. The van der Waals surface area contributed by atoms with Gasteiger partial charge in [-0.05, 0) is 43.7 Å². The second-order valence-electron chi connectivity index (χ2n) is 8.34. The predicted molar refractivity (Wildman–Crippen MR) is 126 cm³/mol. The molecule has 2 bridgehead atoms. The summed E-state index contributed by atoms with van der Waals surface area (Å²) in [5.41, 5.74) is -0.385. The number of hydrogen-bond acceptors (Lipinski definition) is 8.